The quantitative estimate of drug-likeness (QED) is 0.900. The van der Waals surface area contributed by atoms with Gasteiger partial charge in [0.2, 0.25) is 0 Å². The predicted molar refractivity (Wildman–Crippen MR) is 77.0 cm³/mol. The van der Waals surface area contributed by atoms with Gasteiger partial charge in [-0.05, 0) is 31.2 Å². The molecule has 1 saturated heterocycles. The standard InChI is InChI=1S/C15H21FN2O3/c1-21-14-11-12(3-4-13(14)16)15(20)18-6-2-5-17(7-8-18)9-10-19/h3-4,11,19H,2,5-10H2,1H3. The van der Waals surface area contributed by atoms with Gasteiger partial charge in [0.25, 0.3) is 5.91 Å². The van der Waals surface area contributed by atoms with Crippen LogP contribution in [0.5, 0.6) is 5.75 Å². The third-order valence-corrected chi connectivity index (χ3v) is 3.69. The van der Waals surface area contributed by atoms with Gasteiger partial charge in [0, 0.05) is 31.7 Å². The molecule has 1 aromatic carbocycles. The van der Waals surface area contributed by atoms with E-state index in [9.17, 15) is 9.18 Å². The van der Waals surface area contributed by atoms with Crippen LogP contribution in [-0.4, -0.2) is 67.3 Å². The molecule has 0 aromatic heterocycles. The highest BCUT2D eigenvalue weighted by atomic mass is 19.1. The molecule has 21 heavy (non-hydrogen) atoms. The first kappa shape index (κ1) is 15.7. The molecule has 0 unspecified atom stereocenters. The van der Waals surface area contributed by atoms with Crippen molar-refractivity contribution in [3.05, 3.63) is 29.6 Å². The van der Waals surface area contributed by atoms with Crippen LogP contribution in [0.25, 0.3) is 0 Å². The van der Waals surface area contributed by atoms with Gasteiger partial charge < -0.3 is 14.7 Å². The Morgan fingerprint density at radius 1 is 1.33 bits per heavy atom. The van der Waals surface area contributed by atoms with Crippen LogP contribution in [0.2, 0.25) is 0 Å². The molecule has 1 amide bonds. The second-order valence-corrected chi connectivity index (χ2v) is 5.06. The van der Waals surface area contributed by atoms with Gasteiger partial charge in [0.15, 0.2) is 11.6 Å². The molecule has 1 aliphatic rings. The van der Waals surface area contributed by atoms with Crippen LogP contribution in [0, 0.1) is 5.82 Å². The maximum Gasteiger partial charge on any atom is 0.254 e. The average molecular weight is 296 g/mol. The second-order valence-electron chi connectivity index (χ2n) is 5.06. The highest BCUT2D eigenvalue weighted by molar-refractivity contribution is 5.94. The summed E-state index contributed by atoms with van der Waals surface area (Å²) in [6, 6.07) is 4.17. The van der Waals surface area contributed by atoms with Crippen molar-refractivity contribution in [3.8, 4) is 5.75 Å². The fourth-order valence-corrected chi connectivity index (χ4v) is 2.51. The molecule has 1 aliphatic heterocycles. The SMILES string of the molecule is COc1cc(C(=O)N2CCCN(CCO)CC2)ccc1F. The summed E-state index contributed by atoms with van der Waals surface area (Å²) in [5, 5.41) is 8.98. The molecule has 5 nitrogen and oxygen atoms in total. The molecule has 1 aromatic rings. The molecule has 1 fully saturated rings. The van der Waals surface area contributed by atoms with Crippen molar-refractivity contribution in [2.75, 3.05) is 46.4 Å². The van der Waals surface area contributed by atoms with Crippen LogP contribution >= 0.6 is 0 Å². The predicted octanol–water partition coefficient (Wildman–Crippen LogP) is 0.974. The summed E-state index contributed by atoms with van der Waals surface area (Å²) in [5.74, 6) is -0.504. The van der Waals surface area contributed by atoms with Gasteiger partial charge in [0.1, 0.15) is 0 Å². The van der Waals surface area contributed by atoms with Gasteiger partial charge in [-0.2, -0.15) is 0 Å². The summed E-state index contributed by atoms with van der Waals surface area (Å²) in [6.07, 6.45) is 0.865. The molecule has 0 spiro atoms. The number of hydrogen-bond acceptors (Lipinski definition) is 4. The molecule has 6 heteroatoms. The van der Waals surface area contributed by atoms with E-state index in [2.05, 4.69) is 4.90 Å². The van der Waals surface area contributed by atoms with Gasteiger partial charge in [-0.3, -0.25) is 9.69 Å². The van der Waals surface area contributed by atoms with Crippen molar-refractivity contribution < 1.29 is 19.0 Å². The van der Waals surface area contributed by atoms with Crippen LogP contribution in [0.1, 0.15) is 16.8 Å². The highest BCUT2D eigenvalue weighted by Crippen LogP contribution is 2.19. The molecule has 1 heterocycles. The summed E-state index contributed by atoms with van der Waals surface area (Å²) in [6.45, 7) is 3.65. The van der Waals surface area contributed by atoms with Crippen molar-refractivity contribution in [1.82, 2.24) is 9.80 Å². The Labute approximate surface area is 123 Å². The molecular formula is C15H21FN2O3. The zero-order chi connectivity index (χ0) is 15.2. The maximum atomic E-state index is 13.4. The Bertz CT molecular complexity index is 496. The van der Waals surface area contributed by atoms with E-state index in [1.165, 1.54) is 25.3 Å². The summed E-state index contributed by atoms with van der Waals surface area (Å²) in [4.78, 5) is 16.4. The zero-order valence-electron chi connectivity index (χ0n) is 12.2. The molecule has 2 rings (SSSR count). The van der Waals surface area contributed by atoms with Gasteiger partial charge in [-0.15, -0.1) is 0 Å². The van der Waals surface area contributed by atoms with E-state index < -0.39 is 5.82 Å². The number of methoxy groups -OCH3 is 1. The third kappa shape index (κ3) is 3.92. The first-order valence-electron chi connectivity index (χ1n) is 7.11. The molecule has 0 aliphatic carbocycles. The number of nitrogens with zero attached hydrogens (tertiary/aromatic N) is 2. The summed E-state index contributed by atoms with van der Waals surface area (Å²) < 4.78 is 18.3. The molecule has 0 saturated carbocycles. The Morgan fingerprint density at radius 2 is 2.14 bits per heavy atom. The van der Waals surface area contributed by atoms with E-state index in [1.807, 2.05) is 0 Å². The van der Waals surface area contributed by atoms with Gasteiger partial charge in [-0.25, -0.2) is 4.39 Å². The van der Waals surface area contributed by atoms with Crippen molar-refractivity contribution in [1.29, 1.82) is 0 Å². The van der Waals surface area contributed by atoms with E-state index in [4.69, 9.17) is 9.84 Å². The number of ether oxygens (including phenoxy) is 1. The van der Waals surface area contributed by atoms with Gasteiger partial charge in [-0.1, -0.05) is 0 Å². The maximum absolute atomic E-state index is 13.4. The number of aliphatic hydroxyl groups is 1. The van der Waals surface area contributed by atoms with Crippen LogP contribution < -0.4 is 4.74 Å². The number of aliphatic hydroxyl groups excluding tert-OH is 1. The van der Waals surface area contributed by atoms with Crippen molar-refractivity contribution >= 4 is 5.91 Å². The largest absolute Gasteiger partial charge is 0.494 e. The number of carbonyl (C=O) groups is 1. The van der Waals surface area contributed by atoms with Crippen LogP contribution in [-0.2, 0) is 0 Å². The number of β-amino-alcohol motifs (C(OH)–C–C–N with tert-alkyl or cyclic N) is 1. The number of halogens is 1. The number of hydrogen-bond donors (Lipinski definition) is 1. The number of rotatable bonds is 4. The van der Waals surface area contributed by atoms with Gasteiger partial charge in [0.05, 0.1) is 13.7 Å². The van der Waals surface area contributed by atoms with Crippen LogP contribution in [0.3, 0.4) is 0 Å². The van der Waals surface area contributed by atoms with Crippen molar-refractivity contribution in [2.24, 2.45) is 0 Å². The molecule has 1 N–H and O–H groups in total. The minimum atomic E-state index is -0.473. The highest BCUT2D eigenvalue weighted by Gasteiger charge is 2.21. The smallest absolute Gasteiger partial charge is 0.254 e. The lowest BCUT2D eigenvalue weighted by Gasteiger charge is -2.21. The molecule has 0 atom stereocenters. The number of carbonyl (C=O) groups excluding carboxylic acids is 1. The third-order valence-electron chi connectivity index (χ3n) is 3.69. The zero-order valence-corrected chi connectivity index (χ0v) is 12.2. The Hall–Kier alpha value is -1.66. The monoisotopic (exact) mass is 296 g/mol. The Kier molecular flexibility index (Phi) is 5.52. The summed E-state index contributed by atoms with van der Waals surface area (Å²) in [7, 11) is 1.38. The van der Waals surface area contributed by atoms with Crippen molar-refractivity contribution in [2.45, 2.75) is 6.42 Å². The lowest BCUT2D eigenvalue weighted by atomic mass is 10.1. The number of amides is 1. The minimum Gasteiger partial charge on any atom is -0.494 e. The van der Waals surface area contributed by atoms with Crippen LogP contribution in [0.15, 0.2) is 18.2 Å². The lowest BCUT2D eigenvalue weighted by Crippen LogP contribution is -2.35. The first-order chi connectivity index (χ1) is 10.2. The molecule has 0 bridgehead atoms. The van der Waals surface area contributed by atoms with Gasteiger partial charge >= 0.3 is 0 Å². The van der Waals surface area contributed by atoms with E-state index in [0.717, 1.165) is 19.5 Å². The Morgan fingerprint density at radius 3 is 2.86 bits per heavy atom. The van der Waals surface area contributed by atoms with Crippen molar-refractivity contribution in [3.63, 3.8) is 0 Å². The first-order valence-corrected chi connectivity index (χ1v) is 7.11. The average Bonchev–Trinajstić information content (AvgIpc) is 2.73. The minimum absolute atomic E-state index is 0.0811. The Balaban J connectivity index is 2.06. The molecular weight excluding hydrogens is 275 g/mol. The summed E-state index contributed by atoms with van der Waals surface area (Å²) in [5.41, 5.74) is 0.434. The topological polar surface area (TPSA) is 53.0 Å². The van der Waals surface area contributed by atoms with Crippen LogP contribution in [0.4, 0.5) is 4.39 Å². The fraction of sp³-hybridized carbons (Fsp3) is 0.533. The molecule has 0 radical (unpaired) electrons. The lowest BCUT2D eigenvalue weighted by molar-refractivity contribution is 0.0760. The fourth-order valence-electron chi connectivity index (χ4n) is 2.51. The van der Waals surface area contributed by atoms with E-state index >= 15 is 0 Å². The molecule has 116 valence electrons. The normalized spacial score (nSPS) is 16.6. The summed E-state index contributed by atoms with van der Waals surface area (Å²) >= 11 is 0. The van der Waals surface area contributed by atoms with E-state index in [0.29, 0.717) is 25.2 Å². The second kappa shape index (κ2) is 7.38. The van der Waals surface area contributed by atoms with E-state index in [1.54, 1.807) is 4.90 Å². The van der Waals surface area contributed by atoms with E-state index in [-0.39, 0.29) is 18.3 Å². The number of benzene rings is 1.